The van der Waals surface area contributed by atoms with Crippen molar-refractivity contribution in [2.24, 2.45) is 5.92 Å². The largest absolute Gasteiger partial charge is 0.494 e. The van der Waals surface area contributed by atoms with Gasteiger partial charge in [-0.3, -0.25) is 25.8 Å². The number of nitrogens with one attached hydrogen (secondary N) is 3. The van der Waals surface area contributed by atoms with E-state index in [9.17, 15) is 9.59 Å². The molecule has 0 atom stereocenters. The van der Waals surface area contributed by atoms with E-state index in [0.29, 0.717) is 29.6 Å². The Morgan fingerprint density at radius 3 is 2.42 bits per heavy atom. The molecule has 2 aromatic carbocycles. The first-order valence-electron chi connectivity index (χ1n) is 10.2. The Morgan fingerprint density at radius 1 is 1.00 bits per heavy atom. The second-order valence-corrected chi connectivity index (χ2v) is 7.71. The highest BCUT2D eigenvalue weighted by atomic mass is 32.1. The van der Waals surface area contributed by atoms with Gasteiger partial charge in [0.15, 0.2) is 11.7 Å². The molecule has 0 unspecified atom stereocenters. The Morgan fingerprint density at radius 2 is 1.74 bits per heavy atom. The molecule has 7 nitrogen and oxygen atoms in total. The van der Waals surface area contributed by atoms with E-state index in [0.717, 1.165) is 12.8 Å². The summed E-state index contributed by atoms with van der Waals surface area (Å²) in [4.78, 5) is 24.3. The zero-order chi connectivity index (χ0) is 22.6. The van der Waals surface area contributed by atoms with Gasteiger partial charge in [-0.1, -0.05) is 39.0 Å². The molecular formula is C23H29N3O4S. The first kappa shape index (κ1) is 24.1. The molecule has 0 aliphatic carbocycles. The molecule has 0 aliphatic rings. The average Bonchev–Trinajstić information content (AvgIpc) is 2.76. The van der Waals surface area contributed by atoms with E-state index < -0.39 is 11.8 Å². The summed E-state index contributed by atoms with van der Waals surface area (Å²) in [6, 6.07) is 14.3. The van der Waals surface area contributed by atoms with Crippen molar-refractivity contribution in [3.8, 4) is 11.5 Å². The lowest BCUT2D eigenvalue weighted by Gasteiger charge is -2.12. The van der Waals surface area contributed by atoms with Gasteiger partial charge in [-0.05, 0) is 66.9 Å². The summed E-state index contributed by atoms with van der Waals surface area (Å²) < 4.78 is 11.1. The van der Waals surface area contributed by atoms with Crippen LogP contribution in [0.2, 0.25) is 0 Å². The lowest BCUT2D eigenvalue weighted by molar-refractivity contribution is -0.123. The lowest BCUT2D eigenvalue weighted by atomic mass is 10.1. The summed E-state index contributed by atoms with van der Waals surface area (Å²) in [5.74, 6) is 0.908. The average molecular weight is 444 g/mol. The van der Waals surface area contributed by atoms with Gasteiger partial charge in [0.2, 0.25) is 0 Å². The molecule has 0 fully saturated rings. The Kier molecular flexibility index (Phi) is 9.77. The van der Waals surface area contributed by atoms with Gasteiger partial charge in [0.25, 0.3) is 11.8 Å². The molecule has 2 amide bonds. The van der Waals surface area contributed by atoms with Crippen LogP contribution in [0.3, 0.4) is 0 Å². The van der Waals surface area contributed by atoms with Crippen LogP contribution < -0.4 is 25.6 Å². The molecule has 31 heavy (non-hydrogen) atoms. The van der Waals surface area contributed by atoms with Gasteiger partial charge in [0.1, 0.15) is 11.5 Å². The third kappa shape index (κ3) is 9.04. The van der Waals surface area contributed by atoms with E-state index in [1.807, 2.05) is 24.3 Å². The van der Waals surface area contributed by atoms with E-state index in [-0.39, 0.29) is 11.7 Å². The topological polar surface area (TPSA) is 88.7 Å². The van der Waals surface area contributed by atoms with Crippen LogP contribution in [0.5, 0.6) is 11.5 Å². The Bertz CT molecular complexity index is 885. The van der Waals surface area contributed by atoms with Gasteiger partial charge in [-0.2, -0.15) is 0 Å². The fourth-order valence-corrected chi connectivity index (χ4v) is 2.62. The molecule has 0 bridgehead atoms. The van der Waals surface area contributed by atoms with Crippen LogP contribution >= 0.6 is 12.2 Å². The molecule has 0 aromatic heterocycles. The van der Waals surface area contributed by atoms with E-state index >= 15 is 0 Å². The number of rotatable bonds is 9. The van der Waals surface area contributed by atoms with Crippen molar-refractivity contribution in [2.75, 3.05) is 13.2 Å². The van der Waals surface area contributed by atoms with Gasteiger partial charge >= 0.3 is 0 Å². The van der Waals surface area contributed by atoms with Crippen LogP contribution in [0.1, 0.15) is 43.1 Å². The number of hydrogen-bond donors (Lipinski definition) is 3. The fraction of sp³-hybridized carbons (Fsp3) is 0.348. The molecule has 0 saturated heterocycles. The van der Waals surface area contributed by atoms with E-state index in [4.69, 9.17) is 21.7 Å². The number of hydrazine groups is 1. The lowest BCUT2D eigenvalue weighted by Crippen LogP contribution is -2.49. The predicted octanol–water partition coefficient (Wildman–Crippen LogP) is 3.39. The number of benzene rings is 2. The van der Waals surface area contributed by atoms with E-state index in [1.54, 1.807) is 24.3 Å². The van der Waals surface area contributed by atoms with Gasteiger partial charge in [-0.25, -0.2) is 0 Å². The standard InChI is InChI=1S/C23H29N3O4S/c1-4-17-8-10-19(11-9-17)30-15-21(27)25-26-23(31)24-22(28)18-6-5-7-20(14-18)29-13-12-16(2)3/h5-11,14,16H,4,12-13,15H2,1-3H3,(H,25,27)(H2,24,26,28,31). The summed E-state index contributed by atoms with van der Waals surface area (Å²) in [7, 11) is 0. The summed E-state index contributed by atoms with van der Waals surface area (Å²) in [5.41, 5.74) is 6.46. The number of thiocarbonyl (C=S) groups is 1. The summed E-state index contributed by atoms with van der Waals surface area (Å²) in [6.07, 6.45) is 1.86. The van der Waals surface area contributed by atoms with Crippen molar-refractivity contribution in [1.29, 1.82) is 0 Å². The molecule has 2 aromatic rings. The number of ether oxygens (including phenoxy) is 2. The molecule has 2 rings (SSSR count). The molecule has 166 valence electrons. The SMILES string of the molecule is CCc1ccc(OCC(=O)NNC(=S)NC(=O)c2cccc(OCCC(C)C)c2)cc1. The Hall–Kier alpha value is -3.13. The molecule has 0 saturated carbocycles. The maximum atomic E-state index is 12.4. The van der Waals surface area contributed by atoms with Crippen LogP contribution in [0.25, 0.3) is 0 Å². The van der Waals surface area contributed by atoms with Crippen LogP contribution in [0.15, 0.2) is 48.5 Å². The van der Waals surface area contributed by atoms with Crippen LogP contribution in [0, 0.1) is 5.92 Å². The van der Waals surface area contributed by atoms with Crippen molar-refractivity contribution in [3.05, 3.63) is 59.7 Å². The first-order valence-corrected chi connectivity index (χ1v) is 10.6. The van der Waals surface area contributed by atoms with Gasteiger partial charge < -0.3 is 9.47 Å². The maximum Gasteiger partial charge on any atom is 0.276 e. The second-order valence-electron chi connectivity index (χ2n) is 7.30. The molecular weight excluding hydrogens is 414 g/mol. The Balaban J connectivity index is 1.73. The molecule has 0 aliphatic heterocycles. The predicted molar refractivity (Wildman–Crippen MR) is 124 cm³/mol. The number of hydrogen-bond acceptors (Lipinski definition) is 5. The highest BCUT2D eigenvalue weighted by molar-refractivity contribution is 7.80. The highest BCUT2D eigenvalue weighted by Gasteiger charge is 2.10. The van der Waals surface area contributed by atoms with E-state index in [1.165, 1.54) is 5.56 Å². The molecule has 0 spiro atoms. The second kappa shape index (κ2) is 12.5. The minimum absolute atomic E-state index is 0.0308. The van der Waals surface area contributed by atoms with Gasteiger partial charge in [0.05, 0.1) is 6.61 Å². The quantitative estimate of drug-likeness (QED) is 0.407. The molecule has 8 heteroatoms. The van der Waals surface area contributed by atoms with E-state index in [2.05, 4.69) is 36.9 Å². The zero-order valence-corrected chi connectivity index (χ0v) is 18.9. The minimum Gasteiger partial charge on any atom is -0.494 e. The molecule has 0 radical (unpaired) electrons. The van der Waals surface area contributed by atoms with Crippen molar-refractivity contribution in [3.63, 3.8) is 0 Å². The number of carbonyl (C=O) groups excluding carboxylic acids is 2. The molecule has 3 N–H and O–H groups in total. The highest BCUT2D eigenvalue weighted by Crippen LogP contribution is 2.14. The summed E-state index contributed by atoms with van der Waals surface area (Å²) in [5, 5.41) is 2.48. The van der Waals surface area contributed by atoms with Crippen molar-refractivity contribution >= 4 is 29.1 Å². The normalized spacial score (nSPS) is 10.3. The molecule has 0 heterocycles. The van der Waals surface area contributed by atoms with Crippen molar-refractivity contribution in [1.82, 2.24) is 16.2 Å². The third-order valence-electron chi connectivity index (χ3n) is 4.30. The zero-order valence-electron chi connectivity index (χ0n) is 18.1. The number of aryl methyl sites for hydroxylation is 1. The number of amides is 2. The monoisotopic (exact) mass is 443 g/mol. The van der Waals surface area contributed by atoms with Crippen LogP contribution in [0.4, 0.5) is 0 Å². The van der Waals surface area contributed by atoms with Gasteiger partial charge in [0, 0.05) is 5.56 Å². The number of carbonyl (C=O) groups is 2. The summed E-state index contributed by atoms with van der Waals surface area (Å²) in [6.45, 7) is 6.70. The van der Waals surface area contributed by atoms with Crippen LogP contribution in [-0.4, -0.2) is 30.1 Å². The smallest absolute Gasteiger partial charge is 0.276 e. The Labute approximate surface area is 188 Å². The third-order valence-corrected chi connectivity index (χ3v) is 4.51. The summed E-state index contributed by atoms with van der Waals surface area (Å²) >= 11 is 5.06. The minimum atomic E-state index is -0.434. The maximum absolute atomic E-state index is 12.4. The first-order chi connectivity index (χ1) is 14.9. The van der Waals surface area contributed by atoms with Crippen LogP contribution in [-0.2, 0) is 11.2 Å². The van der Waals surface area contributed by atoms with Crippen molar-refractivity contribution < 1.29 is 19.1 Å². The fourth-order valence-electron chi connectivity index (χ4n) is 2.48. The van der Waals surface area contributed by atoms with Gasteiger partial charge in [-0.15, -0.1) is 0 Å². The van der Waals surface area contributed by atoms with Crippen molar-refractivity contribution in [2.45, 2.75) is 33.6 Å².